The fourth-order valence-electron chi connectivity index (χ4n) is 3.02. The molecule has 0 aliphatic heterocycles. The Labute approximate surface area is 207 Å². The van der Waals surface area contributed by atoms with Crippen LogP contribution in [0.2, 0.25) is 0 Å². The van der Waals surface area contributed by atoms with Crippen LogP contribution < -0.4 is 10.6 Å². The van der Waals surface area contributed by atoms with Gasteiger partial charge in [-0.2, -0.15) is 0 Å². The number of aromatic nitrogens is 3. The van der Waals surface area contributed by atoms with Crippen LogP contribution >= 0.6 is 47.1 Å². The van der Waals surface area contributed by atoms with Crippen molar-refractivity contribution in [3.8, 4) is 0 Å². The number of thioether (sulfide) groups is 1. The number of aryl methyl sites for hydroxylation is 1. The van der Waals surface area contributed by atoms with Gasteiger partial charge in [0.25, 0.3) is 0 Å². The second-order valence-corrected chi connectivity index (χ2v) is 9.92. The first-order chi connectivity index (χ1) is 13.9. The summed E-state index contributed by atoms with van der Waals surface area (Å²) in [6, 6.07) is 4.30. The molecule has 0 saturated heterocycles. The van der Waals surface area contributed by atoms with Crippen LogP contribution in [0.25, 0.3) is 0 Å². The number of rotatable bonds is 11. The van der Waals surface area contributed by atoms with Gasteiger partial charge in [0.15, 0.2) is 11.1 Å². The third kappa shape index (κ3) is 8.37. The summed E-state index contributed by atoms with van der Waals surface area (Å²) >= 11 is 3.46. The van der Waals surface area contributed by atoms with Gasteiger partial charge in [-0.3, -0.25) is 4.99 Å². The Balaban J connectivity index is 0.00000450. The summed E-state index contributed by atoms with van der Waals surface area (Å²) in [7, 11) is 0. The van der Waals surface area contributed by atoms with Gasteiger partial charge in [-0.25, -0.2) is 0 Å². The Morgan fingerprint density at radius 1 is 1.30 bits per heavy atom. The summed E-state index contributed by atoms with van der Waals surface area (Å²) in [5, 5.41) is 18.7. The maximum absolute atomic E-state index is 4.82. The predicted octanol–water partition coefficient (Wildman–Crippen LogP) is 4.80. The van der Waals surface area contributed by atoms with Crippen LogP contribution in [0.5, 0.6) is 0 Å². The predicted molar refractivity (Wildman–Crippen MR) is 142 cm³/mol. The molecular weight excluding hydrogens is 527 g/mol. The van der Waals surface area contributed by atoms with Gasteiger partial charge in [0.05, 0.1) is 6.54 Å². The Morgan fingerprint density at radius 3 is 2.67 bits per heavy atom. The summed E-state index contributed by atoms with van der Waals surface area (Å²) in [4.78, 5) is 6.19. The van der Waals surface area contributed by atoms with E-state index in [-0.39, 0.29) is 29.4 Å². The van der Waals surface area contributed by atoms with Gasteiger partial charge in [0.2, 0.25) is 0 Å². The molecule has 0 aliphatic carbocycles. The van der Waals surface area contributed by atoms with Crippen molar-refractivity contribution in [3.63, 3.8) is 0 Å². The number of aliphatic imine (C=N–C) groups is 1. The molecular formula is C21H37IN6S2. The molecule has 2 rings (SSSR count). The first kappa shape index (κ1) is 27.2. The molecule has 0 unspecified atom stereocenters. The van der Waals surface area contributed by atoms with Crippen molar-refractivity contribution in [2.45, 2.75) is 64.6 Å². The average molecular weight is 565 g/mol. The molecule has 2 heterocycles. The molecule has 0 radical (unpaired) electrons. The van der Waals surface area contributed by atoms with Crippen molar-refractivity contribution in [1.29, 1.82) is 0 Å². The van der Waals surface area contributed by atoms with Crippen LogP contribution in [-0.4, -0.2) is 46.6 Å². The number of hydrogen-bond donors (Lipinski definition) is 2. The quantitative estimate of drug-likeness (QED) is 0.135. The lowest BCUT2D eigenvalue weighted by Crippen LogP contribution is -2.39. The van der Waals surface area contributed by atoms with E-state index in [0.29, 0.717) is 5.92 Å². The van der Waals surface area contributed by atoms with Crippen molar-refractivity contribution in [2.75, 3.05) is 25.9 Å². The molecule has 2 aromatic heterocycles. The van der Waals surface area contributed by atoms with E-state index in [2.05, 4.69) is 83.8 Å². The highest BCUT2D eigenvalue weighted by Gasteiger charge is 2.21. The van der Waals surface area contributed by atoms with Crippen LogP contribution in [0, 0.1) is 5.92 Å². The summed E-state index contributed by atoms with van der Waals surface area (Å²) in [6.07, 6.45) is 3.96. The summed E-state index contributed by atoms with van der Waals surface area (Å²) in [5.41, 5.74) is 0.0397. The molecule has 0 spiro atoms. The molecule has 0 atom stereocenters. The first-order valence-corrected chi connectivity index (χ1v) is 12.5. The molecule has 30 heavy (non-hydrogen) atoms. The minimum Gasteiger partial charge on any atom is -0.357 e. The molecule has 2 N–H and O–H groups in total. The summed E-state index contributed by atoms with van der Waals surface area (Å²) in [5.74, 6) is 2.53. The van der Waals surface area contributed by atoms with E-state index in [1.54, 1.807) is 23.1 Å². The highest BCUT2D eigenvalue weighted by Crippen LogP contribution is 2.27. The standard InChI is InChI=1S/C21H36N6S2.HI/c1-7-22-19(24-15-21(4,5)17-10-9-13-29-17)23-12-8-11-18-25-26-20(28-6)27(18)14-16(2)3;/h9-10,13,16H,7-8,11-12,14-15H2,1-6H3,(H2,22,23,24);1H. The molecule has 2 aromatic rings. The minimum absolute atomic E-state index is 0. The largest absolute Gasteiger partial charge is 0.357 e. The molecule has 0 aromatic carbocycles. The third-order valence-corrected chi connectivity index (χ3v) is 6.46. The zero-order valence-corrected chi connectivity index (χ0v) is 23.0. The normalized spacial score (nSPS) is 12.2. The molecule has 0 fully saturated rings. The van der Waals surface area contributed by atoms with E-state index in [1.807, 2.05) is 0 Å². The molecule has 0 saturated carbocycles. The minimum atomic E-state index is 0. The number of hydrogen-bond acceptors (Lipinski definition) is 5. The number of halogens is 1. The fraction of sp³-hybridized carbons (Fsp3) is 0.667. The molecule has 170 valence electrons. The SMILES string of the molecule is CCNC(=NCC(C)(C)c1cccs1)NCCCc1nnc(SC)n1CC(C)C.I. The van der Waals surface area contributed by atoms with E-state index in [0.717, 1.165) is 56.0 Å². The van der Waals surface area contributed by atoms with Crippen LogP contribution in [0.15, 0.2) is 27.7 Å². The second kappa shape index (κ2) is 13.6. The lowest BCUT2D eigenvalue weighted by molar-refractivity contribution is 0.477. The Kier molecular flexibility index (Phi) is 12.3. The lowest BCUT2D eigenvalue weighted by Gasteiger charge is -2.21. The van der Waals surface area contributed by atoms with Crippen LogP contribution in [-0.2, 0) is 18.4 Å². The highest BCUT2D eigenvalue weighted by molar-refractivity contribution is 14.0. The highest BCUT2D eigenvalue weighted by atomic mass is 127. The second-order valence-electron chi connectivity index (χ2n) is 8.19. The maximum Gasteiger partial charge on any atom is 0.191 e. The van der Waals surface area contributed by atoms with Crippen molar-refractivity contribution < 1.29 is 0 Å². The number of nitrogens with zero attached hydrogens (tertiary/aromatic N) is 4. The van der Waals surface area contributed by atoms with Crippen molar-refractivity contribution in [2.24, 2.45) is 10.9 Å². The number of guanidine groups is 1. The molecule has 9 heteroatoms. The van der Waals surface area contributed by atoms with Crippen LogP contribution in [0.1, 0.15) is 51.7 Å². The Bertz CT molecular complexity index is 756. The van der Waals surface area contributed by atoms with Gasteiger partial charge >= 0.3 is 0 Å². The van der Waals surface area contributed by atoms with Crippen LogP contribution in [0.4, 0.5) is 0 Å². The van der Waals surface area contributed by atoms with Gasteiger partial charge in [0, 0.05) is 36.3 Å². The van der Waals surface area contributed by atoms with E-state index >= 15 is 0 Å². The average Bonchev–Trinajstić information content (AvgIpc) is 3.33. The lowest BCUT2D eigenvalue weighted by atomic mass is 9.92. The van der Waals surface area contributed by atoms with Crippen molar-refractivity contribution in [1.82, 2.24) is 25.4 Å². The molecule has 6 nitrogen and oxygen atoms in total. The fourth-order valence-corrected chi connectivity index (χ4v) is 4.38. The Hall–Kier alpha value is -0.810. The smallest absolute Gasteiger partial charge is 0.191 e. The third-order valence-electron chi connectivity index (χ3n) is 4.56. The van der Waals surface area contributed by atoms with E-state index in [9.17, 15) is 0 Å². The summed E-state index contributed by atoms with van der Waals surface area (Å²) < 4.78 is 2.26. The van der Waals surface area contributed by atoms with Gasteiger partial charge < -0.3 is 15.2 Å². The molecule has 0 bridgehead atoms. The monoisotopic (exact) mass is 564 g/mol. The van der Waals surface area contributed by atoms with Crippen molar-refractivity contribution >= 4 is 53.0 Å². The van der Waals surface area contributed by atoms with Crippen LogP contribution in [0.3, 0.4) is 0 Å². The zero-order valence-electron chi connectivity index (χ0n) is 19.1. The van der Waals surface area contributed by atoms with Gasteiger partial charge in [0.1, 0.15) is 5.82 Å². The number of thiophene rings is 1. The Morgan fingerprint density at radius 2 is 2.07 bits per heavy atom. The topological polar surface area (TPSA) is 67.1 Å². The first-order valence-electron chi connectivity index (χ1n) is 10.4. The van der Waals surface area contributed by atoms with Gasteiger partial charge in [-0.15, -0.1) is 45.5 Å². The zero-order chi connectivity index (χ0) is 21.3. The van der Waals surface area contributed by atoms with Gasteiger partial charge in [-0.05, 0) is 37.0 Å². The van der Waals surface area contributed by atoms with Gasteiger partial charge in [-0.1, -0.05) is 45.5 Å². The molecule has 0 amide bonds. The van der Waals surface area contributed by atoms with E-state index in [1.165, 1.54) is 4.88 Å². The number of nitrogens with one attached hydrogen (secondary N) is 2. The van der Waals surface area contributed by atoms with Crippen molar-refractivity contribution in [3.05, 3.63) is 28.2 Å². The maximum atomic E-state index is 4.82. The van der Waals surface area contributed by atoms with E-state index < -0.39 is 0 Å². The molecule has 0 aliphatic rings. The van der Waals surface area contributed by atoms with E-state index in [4.69, 9.17) is 4.99 Å². The summed E-state index contributed by atoms with van der Waals surface area (Å²) in [6.45, 7) is 14.5.